The number of hydrogen-bond donors (Lipinski definition) is 1. The summed E-state index contributed by atoms with van der Waals surface area (Å²) in [6.07, 6.45) is 1.79. The molecule has 2 aromatic heterocycles. The van der Waals surface area contributed by atoms with Crippen LogP contribution in [-0.4, -0.2) is 5.11 Å². The van der Waals surface area contributed by atoms with Crippen LogP contribution in [0.3, 0.4) is 0 Å². The lowest BCUT2D eigenvalue weighted by molar-refractivity contribution is -0.519. The number of nitrogens with zero attached hydrogens (tertiary/aromatic N) is 1. The number of aromatic hydroxyl groups is 1. The van der Waals surface area contributed by atoms with Crippen molar-refractivity contribution in [2.45, 2.75) is 13.8 Å². The van der Waals surface area contributed by atoms with Crippen LogP contribution < -0.4 is 4.40 Å². The van der Waals surface area contributed by atoms with E-state index < -0.39 is 0 Å². The molecule has 0 aliphatic carbocycles. The van der Waals surface area contributed by atoms with E-state index in [-0.39, 0.29) is 0 Å². The fraction of sp³-hybridized carbons (Fsp3) is 0.133. The van der Waals surface area contributed by atoms with Gasteiger partial charge < -0.3 is 5.11 Å². The molecule has 0 atom stereocenters. The highest BCUT2D eigenvalue weighted by Crippen LogP contribution is 2.25. The lowest BCUT2D eigenvalue weighted by atomic mass is 10.1. The molecule has 2 nitrogen and oxygen atoms in total. The van der Waals surface area contributed by atoms with E-state index in [9.17, 15) is 5.11 Å². The van der Waals surface area contributed by atoms with E-state index in [1.165, 1.54) is 5.56 Å². The second-order valence-corrected chi connectivity index (χ2v) is 4.42. The largest absolute Gasteiger partial charge is 0.502 e. The number of fused-ring (bicyclic) bond motifs is 3. The van der Waals surface area contributed by atoms with Crippen LogP contribution in [0.5, 0.6) is 5.75 Å². The maximum atomic E-state index is 10.1. The summed E-state index contributed by atoms with van der Waals surface area (Å²) in [7, 11) is 0. The van der Waals surface area contributed by atoms with Crippen LogP contribution >= 0.6 is 0 Å². The number of pyridine rings is 2. The van der Waals surface area contributed by atoms with Crippen LogP contribution in [-0.2, 0) is 0 Å². The Morgan fingerprint density at radius 1 is 0.941 bits per heavy atom. The van der Waals surface area contributed by atoms with Gasteiger partial charge in [-0.15, -0.1) is 0 Å². The van der Waals surface area contributed by atoms with Gasteiger partial charge in [-0.05, 0) is 19.1 Å². The predicted molar refractivity (Wildman–Crippen MR) is 68.2 cm³/mol. The van der Waals surface area contributed by atoms with Crippen LogP contribution in [0.1, 0.15) is 11.3 Å². The van der Waals surface area contributed by atoms with E-state index in [4.69, 9.17) is 0 Å². The van der Waals surface area contributed by atoms with E-state index >= 15 is 0 Å². The van der Waals surface area contributed by atoms with Gasteiger partial charge in [0, 0.05) is 23.9 Å². The summed E-state index contributed by atoms with van der Waals surface area (Å²) < 4.78 is 2.05. The van der Waals surface area contributed by atoms with E-state index in [1.54, 1.807) is 6.20 Å². The van der Waals surface area contributed by atoms with E-state index in [0.29, 0.717) is 5.75 Å². The van der Waals surface area contributed by atoms with Crippen molar-refractivity contribution in [2.24, 2.45) is 0 Å². The summed E-state index contributed by atoms with van der Waals surface area (Å²) in [5.74, 6) is 0.326. The summed E-state index contributed by atoms with van der Waals surface area (Å²) in [6, 6.07) is 12.1. The van der Waals surface area contributed by atoms with Crippen LogP contribution in [0.2, 0.25) is 0 Å². The highest BCUT2D eigenvalue weighted by molar-refractivity contribution is 5.96. The number of aromatic nitrogens is 1. The Labute approximate surface area is 99.8 Å². The van der Waals surface area contributed by atoms with Gasteiger partial charge in [-0.1, -0.05) is 18.2 Å². The van der Waals surface area contributed by atoms with Crippen LogP contribution in [0.15, 0.2) is 42.6 Å². The van der Waals surface area contributed by atoms with Gasteiger partial charge in [-0.3, -0.25) is 0 Å². The molecule has 0 aliphatic heterocycles. The Bertz CT molecular complexity index is 732. The monoisotopic (exact) mass is 224 g/mol. The third-order valence-electron chi connectivity index (χ3n) is 3.41. The zero-order chi connectivity index (χ0) is 12.0. The average Bonchev–Trinajstić information content (AvgIpc) is 2.35. The molecule has 0 unspecified atom stereocenters. The molecule has 1 aromatic carbocycles. The van der Waals surface area contributed by atoms with Crippen molar-refractivity contribution in [1.29, 1.82) is 0 Å². The molecule has 2 heterocycles. The zero-order valence-electron chi connectivity index (χ0n) is 9.94. The van der Waals surface area contributed by atoms with Gasteiger partial charge in [0.15, 0.2) is 11.4 Å². The van der Waals surface area contributed by atoms with Crippen LogP contribution in [0.25, 0.3) is 16.3 Å². The van der Waals surface area contributed by atoms with Crippen molar-refractivity contribution >= 4 is 16.3 Å². The first-order valence-electron chi connectivity index (χ1n) is 5.71. The molecular formula is C15H14NO+. The molecule has 0 saturated carbocycles. The summed E-state index contributed by atoms with van der Waals surface area (Å²) in [5, 5.41) is 12.0. The van der Waals surface area contributed by atoms with Crippen molar-refractivity contribution in [3.05, 3.63) is 53.9 Å². The fourth-order valence-electron chi connectivity index (χ4n) is 2.28. The van der Waals surface area contributed by atoms with Crippen LogP contribution in [0.4, 0.5) is 0 Å². The molecule has 0 spiro atoms. The quantitative estimate of drug-likeness (QED) is 0.461. The second kappa shape index (κ2) is 3.45. The second-order valence-electron chi connectivity index (χ2n) is 4.42. The first-order valence-corrected chi connectivity index (χ1v) is 5.71. The van der Waals surface area contributed by atoms with Gasteiger partial charge in [0.05, 0.1) is 5.39 Å². The minimum Gasteiger partial charge on any atom is -0.502 e. The molecule has 0 radical (unpaired) electrons. The molecule has 2 heteroatoms. The summed E-state index contributed by atoms with van der Waals surface area (Å²) >= 11 is 0. The molecule has 0 bridgehead atoms. The maximum absolute atomic E-state index is 10.1. The van der Waals surface area contributed by atoms with Gasteiger partial charge in [-0.2, -0.15) is 4.40 Å². The van der Waals surface area contributed by atoms with Crippen molar-refractivity contribution in [1.82, 2.24) is 0 Å². The Morgan fingerprint density at radius 2 is 1.65 bits per heavy atom. The molecule has 0 fully saturated rings. The van der Waals surface area contributed by atoms with Crippen molar-refractivity contribution < 1.29 is 9.51 Å². The predicted octanol–water partition coefficient (Wildman–Crippen LogP) is 2.90. The SMILES string of the molecule is Cc1ccc2c3ccccc3c(O)c[n+]2c1C. The van der Waals surface area contributed by atoms with Gasteiger partial charge in [-0.25, -0.2) is 0 Å². The van der Waals surface area contributed by atoms with Gasteiger partial charge in [0.1, 0.15) is 0 Å². The molecule has 3 rings (SSSR count). The normalized spacial score (nSPS) is 11.2. The summed E-state index contributed by atoms with van der Waals surface area (Å²) in [5.41, 5.74) is 3.50. The smallest absolute Gasteiger partial charge is 0.218 e. The van der Waals surface area contributed by atoms with E-state index in [0.717, 1.165) is 22.0 Å². The maximum Gasteiger partial charge on any atom is 0.218 e. The number of benzene rings is 1. The Balaban J connectivity index is 2.62. The minimum absolute atomic E-state index is 0.326. The van der Waals surface area contributed by atoms with Gasteiger partial charge in [0.2, 0.25) is 11.7 Å². The minimum atomic E-state index is 0.326. The van der Waals surface area contributed by atoms with Gasteiger partial charge in [0.25, 0.3) is 0 Å². The summed E-state index contributed by atoms with van der Waals surface area (Å²) in [6.45, 7) is 4.14. The molecular weight excluding hydrogens is 210 g/mol. The average molecular weight is 224 g/mol. The fourth-order valence-corrected chi connectivity index (χ4v) is 2.28. The topological polar surface area (TPSA) is 24.3 Å². The highest BCUT2D eigenvalue weighted by atomic mass is 16.3. The summed E-state index contributed by atoms with van der Waals surface area (Å²) in [4.78, 5) is 0. The number of hydrogen-bond acceptors (Lipinski definition) is 1. The highest BCUT2D eigenvalue weighted by Gasteiger charge is 2.15. The lowest BCUT2D eigenvalue weighted by Gasteiger charge is -2.03. The first kappa shape index (κ1) is 10.1. The standard InChI is InChI=1S/C15H13NO/c1-10-7-8-14-12-5-3-4-6-13(12)15(17)9-16(14)11(10)2/h3-9H,1-2H3/p+1. The van der Waals surface area contributed by atoms with E-state index in [1.807, 2.05) is 28.7 Å². The van der Waals surface area contributed by atoms with E-state index in [2.05, 4.69) is 26.0 Å². The number of rotatable bonds is 0. The molecule has 3 aromatic rings. The molecule has 84 valence electrons. The number of aryl methyl sites for hydroxylation is 2. The molecule has 0 amide bonds. The Hall–Kier alpha value is -2.09. The lowest BCUT2D eigenvalue weighted by Crippen LogP contribution is -2.26. The third-order valence-corrected chi connectivity index (χ3v) is 3.41. The van der Waals surface area contributed by atoms with Gasteiger partial charge >= 0.3 is 0 Å². The first-order chi connectivity index (χ1) is 8.18. The Morgan fingerprint density at radius 3 is 2.41 bits per heavy atom. The molecule has 1 N–H and O–H groups in total. The van der Waals surface area contributed by atoms with Crippen molar-refractivity contribution in [3.63, 3.8) is 0 Å². The molecule has 17 heavy (non-hydrogen) atoms. The van der Waals surface area contributed by atoms with Crippen LogP contribution in [0, 0.1) is 13.8 Å². The molecule has 0 saturated heterocycles. The zero-order valence-corrected chi connectivity index (χ0v) is 9.94. The van der Waals surface area contributed by atoms with Crippen molar-refractivity contribution in [3.8, 4) is 5.75 Å². The van der Waals surface area contributed by atoms with Crippen molar-refractivity contribution in [2.75, 3.05) is 0 Å². The molecule has 0 aliphatic rings. The third kappa shape index (κ3) is 1.37. The Kier molecular flexibility index (Phi) is 2.05.